The number of rotatable bonds is 9. The Hall–Kier alpha value is -0.540. The van der Waals surface area contributed by atoms with Gasteiger partial charge in [0.1, 0.15) is 5.82 Å². The van der Waals surface area contributed by atoms with Crippen molar-refractivity contribution >= 4 is 11.8 Å². The zero-order valence-electron chi connectivity index (χ0n) is 12.3. The van der Waals surface area contributed by atoms with Gasteiger partial charge in [-0.25, -0.2) is 4.39 Å². The molecule has 0 amide bonds. The van der Waals surface area contributed by atoms with E-state index in [0.717, 1.165) is 36.6 Å². The fraction of sp³-hybridized carbons (Fsp3) is 0.625. The Balaban J connectivity index is 2.48. The predicted octanol–water partition coefficient (Wildman–Crippen LogP) is 4.13. The maximum Gasteiger partial charge on any atom is 0.123 e. The second-order valence-electron chi connectivity index (χ2n) is 5.42. The van der Waals surface area contributed by atoms with Crippen molar-refractivity contribution in [2.75, 3.05) is 18.1 Å². The van der Waals surface area contributed by atoms with E-state index in [2.05, 4.69) is 26.1 Å². The van der Waals surface area contributed by atoms with E-state index in [4.69, 9.17) is 0 Å². The second kappa shape index (κ2) is 9.38. The molecule has 0 spiro atoms. The molecule has 0 heterocycles. The molecule has 0 bridgehead atoms. The van der Waals surface area contributed by atoms with Crippen molar-refractivity contribution in [3.8, 4) is 0 Å². The minimum atomic E-state index is -0.137. The van der Waals surface area contributed by atoms with Crippen molar-refractivity contribution < 1.29 is 4.39 Å². The molecule has 3 heteroatoms. The normalized spacial score (nSPS) is 12.9. The molecular weight excluding hydrogens is 257 g/mol. The predicted molar refractivity (Wildman–Crippen MR) is 84.3 cm³/mol. The molecule has 1 aromatic carbocycles. The topological polar surface area (TPSA) is 12.0 Å². The fourth-order valence-corrected chi connectivity index (χ4v) is 3.06. The van der Waals surface area contributed by atoms with Crippen LogP contribution in [0.15, 0.2) is 24.3 Å². The van der Waals surface area contributed by atoms with Crippen LogP contribution in [-0.2, 0) is 6.42 Å². The Bertz CT molecular complexity index is 354. The highest BCUT2D eigenvalue weighted by Crippen LogP contribution is 2.13. The van der Waals surface area contributed by atoms with E-state index in [1.807, 2.05) is 17.8 Å². The minimum absolute atomic E-state index is 0.137. The Morgan fingerprint density at radius 1 is 1.26 bits per heavy atom. The summed E-state index contributed by atoms with van der Waals surface area (Å²) in [5.41, 5.74) is 1.08. The van der Waals surface area contributed by atoms with Gasteiger partial charge in [0, 0.05) is 11.8 Å². The number of halogens is 1. The monoisotopic (exact) mass is 283 g/mol. The van der Waals surface area contributed by atoms with Crippen LogP contribution < -0.4 is 5.32 Å². The summed E-state index contributed by atoms with van der Waals surface area (Å²) in [6.45, 7) is 7.69. The third-order valence-corrected chi connectivity index (χ3v) is 4.36. The van der Waals surface area contributed by atoms with Gasteiger partial charge in [0.2, 0.25) is 0 Å². The van der Waals surface area contributed by atoms with Gasteiger partial charge in [-0.05, 0) is 48.8 Å². The highest BCUT2D eigenvalue weighted by molar-refractivity contribution is 7.99. The molecule has 0 fully saturated rings. The van der Waals surface area contributed by atoms with Crippen molar-refractivity contribution in [3.63, 3.8) is 0 Å². The lowest BCUT2D eigenvalue weighted by atomic mass is 10.1. The van der Waals surface area contributed by atoms with Crippen molar-refractivity contribution in [3.05, 3.63) is 35.6 Å². The van der Waals surface area contributed by atoms with Crippen LogP contribution in [-0.4, -0.2) is 24.1 Å². The molecule has 19 heavy (non-hydrogen) atoms. The zero-order valence-corrected chi connectivity index (χ0v) is 13.1. The first kappa shape index (κ1) is 16.5. The van der Waals surface area contributed by atoms with Gasteiger partial charge >= 0.3 is 0 Å². The van der Waals surface area contributed by atoms with E-state index in [0.29, 0.717) is 6.04 Å². The van der Waals surface area contributed by atoms with Crippen LogP contribution >= 0.6 is 11.8 Å². The average Bonchev–Trinajstić information content (AvgIpc) is 2.35. The Morgan fingerprint density at radius 2 is 2.05 bits per heavy atom. The minimum Gasteiger partial charge on any atom is -0.313 e. The van der Waals surface area contributed by atoms with Gasteiger partial charge in [-0.15, -0.1) is 0 Å². The van der Waals surface area contributed by atoms with Crippen LogP contribution in [0.25, 0.3) is 0 Å². The lowest BCUT2D eigenvalue weighted by Crippen LogP contribution is -2.34. The van der Waals surface area contributed by atoms with Gasteiger partial charge in [0.15, 0.2) is 0 Å². The SMILES string of the molecule is CCCNC(CSCC(C)C)Cc1cccc(F)c1. The van der Waals surface area contributed by atoms with E-state index in [1.165, 1.54) is 11.8 Å². The smallest absolute Gasteiger partial charge is 0.123 e. The third kappa shape index (κ3) is 7.58. The molecule has 0 radical (unpaired) electrons. The molecule has 1 nitrogen and oxygen atoms in total. The summed E-state index contributed by atoms with van der Waals surface area (Å²) in [4.78, 5) is 0. The Morgan fingerprint density at radius 3 is 2.68 bits per heavy atom. The molecule has 0 aromatic heterocycles. The van der Waals surface area contributed by atoms with Gasteiger partial charge in [-0.1, -0.05) is 32.9 Å². The molecule has 1 unspecified atom stereocenters. The van der Waals surface area contributed by atoms with Gasteiger partial charge in [0.25, 0.3) is 0 Å². The van der Waals surface area contributed by atoms with Crippen molar-refractivity contribution in [1.82, 2.24) is 5.32 Å². The molecule has 108 valence electrons. The Kier molecular flexibility index (Phi) is 8.15. The molecule has 0 aliphatic rings. The molecule has 0 saturated heterocycles. The van der Waals surface area contributed by atoms with Crippen LogP contribution in [0.1, 0.15) is 32.8 Å². The van der Waals surface area contributed by atoms with E-state index in [9.17, 15) is 4.39 Å². The first-order valence-electron chi connectivity index (χ1n) is 7.17. The summed E-state index contributed by atoms with van der Waals surface area (Å²) in [6.07, 6.45) is 2.04. The van der Waals surface area contributed by atoms with Gasteiger partial charge in [-0.3, -0.25) is 0 Å². The molecule has 0 aliphatic carbocycles. The molecular formula is C16H26FNS. The van der Waals surface area contributed by atoms with E-state index in [-0.39, 0.29) is 5.82 Å². The standard InChI is InChI=1S/C16H26FNS/c1-4-8-18-16(12-19-11-13(2)3)10-14-6-5-7-15(17)9-14/h5-7,9,13,16,18H,4,8,10-12H2,1-3H3. The van der Waals surface area contributed by atoms with Crippen LogP contribution in [0.2, 0.25) is 0 Å². The maximum atomic E-state index is 13.2. The average molecular weight is 283 g/mol. The van der Waals surface area contributed by atoms with E-state index in [1.54, 1.807) is 12.1 Å². The number of hydrogen-bond acceptors (Lipinski definition) is 2. The van der Waals surface area contributed by atoms with Gasteiger partial charge in [0.05, 0.1) is 0 Å². The van der Waals surface area contributed by atoms with Crippen molar-refractivity contribution in [2.24, 2.45) is 5.92 Å². The molecule has 1 aromatic rings. The molecule has 0 saturated carbocycles. The molecule has 0 aliphatic heterocycles. The largest absolute Gasteiger partial charge is 0.313 e. The molecule has 1 rings (SSSR count). The third-order valence-electron chi connectivity index (χ3n) is 2.82. The van der Waals surface area contributed by atoms with E-state index >= 15 is 0 Å². The number of thioether (sulfide) groups is 1. The van der Waals surface area contributed by atoms with Crippen LogP contribution in [0, 0.1) is 11.7 Å². The number of benzene rings is 1. The first-order chi connectivity index (χ1) is 9.11. The quantitative estimate of drug-likeness (QED) is 0.731. The lowest BCUT2D eigenvalue weighted by molar-refractivity contribution is 0.547. The fourth-order valence-electron chi connectivity index (χ4n) is 1.93. The Labute approximate surface area is 121 Å². The second-order valence-corrected chi connectivity index (χ2v) is 6.49. The van der Waals surface area contributed by atoms with Crippen molar-refractivity contribution in [2.45, 2.75) is 39.7 Å². The van der Waals surface area contributed by atoms with Crippen LogP contribution in [0.3, 0.4) is 0 Å². The number of nitrogens with one attached hydrogen (secondary N) is 1. The molecule has 1 N–H and O–H groups in total. The molecule has 1 atom stereocenters. The summed E-state index contributed by atoms with van der Waals surface area (Å²) < 4.78 is 13.2. The summed E-state index contributed by atoms with van der Waals surface area (Å²) in [7, 11) is 0. The zero-order chi connectivity index (χ0) is 14.1. The number of hydrogen-bond donors (Lipinski definition) is 1. The van der Waals surface area contributed by atoms with Crippen molar-refractivity contribution in [1.29, 1.82) is 0 Å². The summed E-state index contributed by atoms with van der Waals surface area (Å²) in [5, 5.41) is 3.57. The highest BCUT2D eigenvalue weighted by Gasteiger charge is 2.10. The highest BCUT2D eigenvalue weighted by atomic mass is 32.2. The van der Waals surface area contributed by atoms with Gasteiger partial charge in [-0.2, -0.15) is 11.8 Å². The first-order valence-corrected chi connectivity index (χ1v) is 8.32. The summed E-state index contributed by atoms with van der Waals surface area (Å²) in [5.74, 6) is 2.87. The lowest BCUT2D eigenvalue weighted by Gasteiger charge is -2.19. The van der Waals surface area contributed by atoms with Crippen LogP contribution in [0.5, 0.6) is 0 Å². The summed E-state index contributed by atoms with van der Waals surface area (Å²) >= 11 is 1.99. The van der Waals surface area contributed by atoms with E-state index < -0.39 is 0 Å². The maximum absolute atomic E-state index is 13.2. The summed E-state index contributed by atoms with van der Waals surface area (Å²) in [6, 6.07) is 7.39. The van der Waals surface area contributed by atoms with Crippen LogP contribution in [0.4, 0.5) is 4.39 Å². The van der Waals surface area contributed by atoms with Gasteiger partial charge < -0.3 is 5.32 Å².